The van der Waals surface area contributed by atoms with E-state index >= 15 is 0 Å². The van der Waals surface area contributed by atoms with Crippen LogP contribution in [0, 0.1) is 0 Å². The standard InChI is InChI=1S/C26H57O6P/c1-4-7-10-13-16-19-22-30-26(25-33(27,28)29,31-23-20-17-14-11-8-5-2)32-24-21-18-15-12-9-6-3/h27-29,33H,4-25H2,1-3H3. The Kier molecular flexibility index (Phi) is 22.8. The van der Waals surface area contributed by atoms with Crippen LogP contribution in [0.1, 0.15) is 136 Å². The second kappa shape index (κ2) is 22.6. The normalized spacial score (nSPS) is 13.0. The van der Waals surface area contributed by atoms with Crippen molar-refractivity contribution in [3.05, 3.63) is 0 Å². The molecule has 0 unspecified atom stereocenters. The van der Waals surface area contributed by atoms with Gasteiger partial charge in [-0.25, -0.2) is 0 Å². The Bertz CT molecular complexity index is 357. The third-order valence-corrected chi connectivity index (χ3v) is 6.82. The van der Waals surface area contributed by atoms with E-state index < -0.39 is 20.1 Å². The average molecular weight is 497 g/mol. The summed E-state index contributed by atoms with van der Waals surface area (Å²) < 4.78 is 18.0. The summed E-state index contributed by atoms with van der Waals surface area (Å²) in [6.07, 6.45) is 19.9. The van der Waals surface area contributed by atoms with Crippen LogP contribution >= 0.6 is 7.94 Å². The van der Waals surface area contributed by atoms with E-state index in [2.05, 4.69) is 20.8 Å². The van der Waals surface area contributed by atoms with Crippen LogP contribution in [0.15, 0.2) is 0 Å². The van der Waals surface area contributed by atoms with Gasteiger partial charge in [0.2, 0.25) is 0 Å². The zero-order chi connectivity index (χ0) is 24.7. The molecule has 202 valence electrons. The Labute approximate surface area is 205 Å². The molecule has 6 nitrogen and oxygen atoms in total. The number of ether oxygens (including phenoxy) is 3. The molecule has 0 aromatic carbocycles. The minimum atomic E-state index is -4.43. The molecule has 0 aromatic rings. The summed E-state index contributed by atoms with van der Waals surface area (Å²) in [7, 11) is -4.43. The summed E-state index contributed by atoms with van der Waals surface area (Å²) in [4.78, 5) is 29.6. The van der Waals surface area contributed by atoms with E-state index in [1.54, 1.807) is 0 Å². The molecule has 0 fully saturated rings. The van der Waals surface area contributed by atoms with Gasteiger partial charge in [-0.15, -0.1) is 0 Å². The number of rotatable bonds is 26. The molecular weight excluding hydrogens is 439 g/mol. The van der Waals surface area contributed by atoms with Crippen LogP contribution < -0.4 is 0 Å². The molecule has 0 saturated carbocycles. The van der Waals surface area contributed by atoms with Gasteiger partial charge in [0.25, 0.3) is 0 Å². The third kappa shape index (κ3) is 22.4. The molecule has 0 amide bonds. The van der Waals surface area contributed by atoms with E-state index in [0.29, 0.717) is 19.8 Å². The molecule has 0 bridgehead atoms. The molecule has 3 N–H and O–H groups in total. The molecule has 33 heavy (non-hydrogen) atoms. The second-order valence-electron chi connectivity index (χ2n) is 9.48. The van der Waals surface area contributed by atoms with E-state index in [-0.39, 0.29) is 0 Å². The second-order valence-corrected chi connectivity index (χ2v) is 11.4. The van der Waals surface area contributed by atoms with Crippen LogP contribution in [-0.2, 0) is 14.2 Å². The molecule has 0 spiro atoms. The zero-order valence-corrected chi connectivity index (χ0v) is 23.1. The Morgan fingerprint density at radius 2 is 0.727 bits per heavy atom. The predicted molar refractivity (Wildman–Crippen MR) is 141 cm³/mol. The summed E-state index contributed by atoms with van der Waals surface area (Å²) in [6.45, 7) is 7.87. The topological polar surface area (TPSA) is 88.4 Å². The number of hydrogen-bond donors (Lipinski definition) is 3. The van der Waals surface area contributed by atoms with Crippen molar-refractivity contribution in [2.45, 2.75) is 142 Å². The summed E-state index contributed by atoms with van der Waals surface area (Å²) in [5, 5.41) is 0. The van der Waals surface area contributed by atoms with E-state index in [0.717, 1.165) is 38.5 Å². The molecule has 0 aliphatic rings. The molecule has 0 aliphatic heterocycles. The van der Waals surface area contributed by atoms with E-state index in [4.69, 9.17) is 14.2 Å². The molecule has 0 rings (SSSR count). The van der Waals surface area contributed by atoms with Crippen molar-refractivity contribution in [2.75, 3.05) is 26.0 Å². The van der Waals surface area contributed by atoms with Gasteiger partial charge < -0.3 is 0 Å². The zero-order valence-electron chi connectivity index (χ0n) is 22.1. The van der Waals surface area contributed by atoms with Crippen molar-refractivity contribution in [2.24, 2.45) is 0 Å². The van der Waals surface area contributed by atoms with E-state index in [9.17, 15) is 14.7 Å². The predicted octanol–water partition coefficient (Wildman–Crippen LogP) is 7.24. The van der Waals surface area contributed by atoms with E-state index in [1.807, 2.05) is 0 Å². The maximum absolute atomic E-state index is 9.86. The fraction of sp³-hybridized carbons (Fsp3) is 1.00. The monoisotopic (exact) mass is 496 g/mol. The van der Waals surface area contributed by atoms with Crippen molar-refractivity contribution in [3.63, 3.8) is 0 Å². The van der Waals surface area contributed by atoms with E-state index in [1.165, 1.54) is 77.0 Å². The summed E-state index contributed by atoms with van der Waals surface area (Å²) in [6, 6.07) is 0. The molecule has 0 heterocycles. The van der Waals surface area contributed by atoms with Crippen molar-refractivity contribution >= 4 is 7.94 Å². The molecule has 7 heteroatoms. The van der Waals surface area contributed by atoms with Crippen LogP contribution in [0.3, 0.4) is 0 Å². The Morgan fingerprint density at radius 3 is 1.00 bits per heavy atom. The number of unbranched alkanes of at least 4 members (excludes halogenated alkanes) is 15. The quantitative estimate of drug-likeness (QED) is 0.0664. The first-order valence-corrected chi connectivity index (χ1v) is 16.0. The van der Waals surface area contributed by atoms with Crippen LogP contribution in [-0.4, -0.2) is 46.6 Å². The summed E-state index contributed by atoms with van der Waals surface area (Å²) in [5.41, 5.74) is 0. The number of hydrogen-bond acceptors (Lipinski definition) is 6. The third-order valence-electron chi connectivity index (χ3n) is 5.91. The summed E-state index contributed by atoms with van der Waals surface area (Å²) >= 11 is 0. The van der Waals surface area contributed by atoms with Gasteiger partial charge in [0, 0.05) is 0 Å². The Hall–Kier alpha value is 0.190. The van der Waals surface area contributed by atoms with Crippen molar-refractivity contribution in [1.82, 2.24) is 0 Å². The van der Waals surface area contributed by atoms with Crippen LogP contribution in [0.4, 0.5) is 0 Å². The summed E-state index contributed by atoms with van der Waals surface area (Å²) in [5.74, 6) is -1.57. The molecule has 0 radical (unpaired) electrons. The first-order valence-electron chi connectivity index (χ1n) is 14.0. The van der Waals surface area contributed by atoms with Gasteiger partial charge in [-0.05, 0) is 0 Å². The van der Waals surface area contributed by atoms with Gasteiger partial charge in [0.1, 0.15) is 0 Å². The van der Waals surface area contributed by atoms with Crippen LogP contribution in [0.2, 0.25) is 0 Å². The SMILES string of the molecule is CCCCCCCCOC(C[PH](O)(O)O)(OCCCCCCCC)OCCCCCCCC. The van der Waals surface area contributed by atoms with Gasteiger partial charge in [-0.3, -0.25) is 0 Å². The molecule has 0 aromatic heterocycles. The molecule has 0 saturated heterocycles. The van der Waals surface area contributed by atoms with Gasteiger partial charge in [-0.2, -0.15) is 0 Å². The minimum absolute atomic E-state index is 0.415. The maximum atomic E-state index is 9.86. The van der Waals surface area contributed by atoms with Crippen molar-refractivity contribution in [3.8, 4) is 0 Å². The van der Waals surface area contributed by atoms with Gasteiger partial charge >= 0.3 is 205 Å². The fourth-order valence-corrected chi connectivity index (χ4v) is 4.79. The van der Waals surface area contributed by atoms with Crippen LogP contribution in [0.25, 0.3) is 0 Å². The van der Waals surface area contributed by atoms with Gasteiger partial charge in [0.15, 0.2) is 0 Å². The Balaban J connectivity index is 4.73. The van der Waals surface area contributed by atoms with Gasteiger partial charge in [-0.1, -0.05) is 0 Å². The first kappa shape index (κ1) is 33.2. The molecular formula is C26H57O6P. The first-order chi connectivity index (χ1) is 15.9. The van der Waals surface area contributed by atoms with Crippen molar-refractivity contribution < 1.29 is 28.9 Å². The fourth-order valence-electron chi connectivity index (χ4n) is 3.90. The Morgan fingerprint density at radius 1 is 0.455 bits per heavy atom. The average Bonchev–Trinajstić information content (AvgIpc) is 2.76. The van der Waals surface area contributed by atoms with Crippen LogP contribution in [0.5, 0.6) is 0 Å². The van der Waals surface area contributed by atoms with Crippen molar-refractivity contribution in [1.29, 1.82) is 0 Å². The molecule has 0 aliphatic carbocycles. The van der Waals surface area contributed by atoms with Gasteiger partial charge in [0.05, 0.1) is 0 Å². The molecule has 0 atom stereocenters.